The highest BCUT2D eigenvalue weighted by Gasteiger charge is 1.87. The highest BCUT2D eigenvalue weighted by Crippen LogP contribution is 2.15. The molecule has 0 heterocycles. The molecule has 0 aliphatic rings. The molecular weight excluding hydrogens is 189 g/mol. The molecule has 12 heavy (non-hydrogen) atoms. The SMILES string of the molecule is F.F.F.Nc1ccccc1Cl.[B]. The molecule has 1 aromatic rings. The summed E-state index contributed by atoms with van der Waals surface area (Å²) in [4.78, 5) is 0. The average molecular weight is 198 g/mol. The number of benzene rings is 1. The van der Waals surface area contributed by atoms with Crippen LogP contribution in [0.25, 0.3) is 0 Å². The first kappa shape index (κ1) is 22.5. The Morgan fingerprint density at radius 1 is 1.00 bits per heavy atom. The quantitative estimate of drug-likeness (QED) is 0.501. The van der Waals surface area contributed by atoms with Gasteiger partial charge in [-0.1, -0.05) is 23.7 Å². The fraction of sp³-hybridized carbons (Fsp3) is 0. The van der Waals surface area contributed by atoms with E-state index in [1.54, 1.807) is 12.1 Å². The Morgan fingerprint density at radius 3 is 1.67 bits per heavy atom. The summed E-state index contributed by atoms with van der Waals surface area (Å²) >= 11 is 5.58. The van der Waals surface area contributed by atoms with Gasteiger partial charge in [-0.3, -0.25) is 14.1 Å². The summed E-state index contributed by atoms with van der Waals surface area (Å²) in [6.45, 7) is 0. The first-order valence-electron chi connectivity index (χ1n) is 2.31. The van der Waals surface area contributed by atoms with Crippen molar-refractivity contribution < 1.29 is 14.1 Å². The maximum atomic E-state index is 5.58. The van der Waals surface area contributed by atoms with Gasteiger partial charge >= 0.3 is 0 Å². The number of anilines is 1. The molecule has 0 saturated heterocycles. The zero-order valence-corrected chi connectivity index (χ0v) is 6.82. The molecule has 0 fully saturated rings. The van der Waals surface area contributed by atoms with E-state index in [-0.39, 0.29) is 22.5 Å². The van der Waals surface area contributed by atoms with Gasteiger partial charge in [0.2, 0.25) is 0 Å². The van der Waals surface area contributed by atoms with Gasteiger partial charge in [-0.25, -0.2) is 0 Å². The molecule has 0 aliphatic carbocycles. The summed E-state index contributed by atoms with van der Waals surface area (Å²) in [6, 6.07) is 7.22. The molecule has 1 nitrogen and oxygen atoms in total. The van der Waals surface area contributed by atoms with Gasteiger partial charge in [-0.2, -0.15) is 0 Å². The van der Waals surface area contributed by atoms with Gasteiger partial charge in [-0.05, 0) is 12.1 Å². The summed E-state index contributed by atoms with van der Waals surface area (Å²) in [5.74, 6) is 0. The fourth-order valence-electron chi connectivity index (χ4n) is 0.475. The predicted molar refractivity (Wildman–Crippen MR) is 49.1 cm³/mol. The Balaban J connectivity index is -0.0000000800. The van der Waals surface area contributed by atoms with E-state index in [2.05, 4.69) is 0 Å². The lowest BCUT2D eigenvalue weighted by Gasteiger charge is -1.91. The minimum absolute atomic E-state index is 0. The topological polar surface area (TPSA) is 26.0 Å². The van der Waals surface area contributed by atoms with Gasteiger partial charge in [0, 0.05) is 8.41 Å². The van der Waals surface area contributed by atoms with E-state index in [1.165, 1.54) is 0 Å². The van der Waals surface area contributed by atoms with E-state index in [0.29, 0.717) is 10.7 Å². The van der Waals surface area contributed by atoms with Crippen LogP contribution >= 0.6 is 11.6 Å². The van der Waals surface area contributed by atoms with Crippen LogP contribution in [-0.2, 0) is 0 Å². The van der Waals surface area contributed by atoms with Crippen molar-refractivity contribution in [1.29, 1.82) is 0 Å². The highest BCUT2D eigenvalue weighted by atomic mass is 35.5. The van der Waals surface area contributed by atoms with Gasteiger partial charge in [0.05, 0.1) is 10.7 Å². The van der Waals surface area contributed by atoms with Crippen molar-refractivity contribution in [3.8, 4) is 0 Å². The first-order chi connectivity index (χ1) is 3.80. The maximum Gasteiger partial charge on any atom is 0.0635 e. The molecule has 0 spiro atoms. The van der Waals surface area contributed by atoms with Gasteiger partial charge in [0.25, 0.3) is 0 Å². The number of rotatable bonds is 0. The smallest absolute Gasteiger partial charge is 0.0635 e. The van der Waals surface area contributed by atoms with Crippen LogP contribution in [0.15, 0.2) is 24.3 Å². The van der Waals surface area contributed by atoms with E-state index in [9.17, 15) is 0 Å². The van der Waals surface area contributed by atoms with Crippen molar-refractivity contribution in [3.05, 3.63) is 29.3 Å². The zero-order chi connectivity index (χ0) is 5.98. The number of para-hydroxylation sites is 1. The van der Waals surface area contributed by atoms with Crippen molar-refractivity contribution in [2.75, 3.05) is 5.73 Å². The van der Waals surface area contributed by atoms with Crippen molar-refractivity contribution in [2.24, 2.45) is 0 Å². The Bertz CT molecular complexity index is 179. The number of hydrogen-bond acceptors (Lipinski definition) is 1. The van der Waals surface area contributed by atoms with Crippen LogP contribution in [0, 0.1) is 0 Å². The largest absolute Gasteiger partial charge is 0.398 e. The van der Waals surface area contributed by atoms with Crippen LogP contribution in [0.1, 0.15) is 0 Å². The highest BCUT2D eigenvalue weighted by molar-refractivity contribution is 6.33. The summed E-state index contributed by atoms with van der Waals surface area (Å²) in [7, 11) is 0. The molecule has 1 rings (SSSR count). The number of nitrogen functional groups attached to an aromatic ring is 1. The second-order valence-corrected chi connectivity index (χ2v) is 1.93. The van der Waals surface area contributed by atoms with Crippen LogP contribution in [0.3, 0.4) is 0 Å². The van der Waals surface area contributed by atoms with Gasteiger partial charge in [0.1, 0.15) is 0 Å². The fourth-order valence-corrected chi connectivity index (χ4v) is 0.611. The lowest BCUT2D eigenvalue weighted by molar-refractivity contribution is 1.11. The lowest BCUT2D eigenvalue weighted by Crippen LogP contribution is -1.82. The van der Waals surface area contributed by atoms with E-state index in [4.69, 9.17) is 17.3 Å². The van der Waals surface area contributed by atoms with E-state index in [0.717, 1.165) is 0 Å². The molecule has 1 aromatic carbocycles. The number of hydrogen-bond donors (Lipinski definition) is 1. The first-order valence-corrected chi connectivity index (χ1v) is 2.68. The third-order valence-corrected chi connectivity index (χ3v) is 1.25. The molecule has 0 saturated carbocycles. The molecule has 0 unspecified atom stereocenters. The summed E-state index contributed by atoms with van der Waals surface area (Å²) in [5.41, 5.74) is 6.02. The predicted octanol–water partition coefficient (Wildman–Crippen LogP) is 2.00. The third kappa shape index (κ3) is 5.91. The lowest BCUT2D eigenvalue weighted by atomic mass is 10.3. The van der Waals surface area contributed by atoms with Crippen molar-refractivity contribution >= 4 is 25.7 Å². The molecular formula is C6H9BClF3N. The van der Waals surface area contributed by atoms with Gasteiger partial charge in [-0.15, -0.1) is 0 Å². The molecule has 0 bridgehead atoms. The van der Waals surface area contributed by atoms with Crippen LogP contribution < -0.4 is 5.73 Å². The zero-order valence-electron chi connectivity index (χ0n) is 6.07. The van der Waals surface area contributed by atoms with Crippen LogP contribution in [-0.4, -0.2) is 8.41 Å². The van der Waals surface area contributed by atoms with Crippen LogP contribution in [0.2, 0.25) is 5.02 Å². The monoisotopic (exact) mass is 198 g/mol. The molecule has 3 radical (unpaired) electrons. The molecule has 0 atom stereocenters. The van der Waals surface area contributed by atoms with E-state index < -0.39 is 0 Å². The second-order valence-electron chi connectivity index (χ2n) is 1.52. The van der Waals surface area contributed by atoms with Crippen LogP contribution in [0.4, 0.5) is 19.8 Å². The van der Waals surface area contributed by atoms with E-state index >= 15 is 0 Å². The molecule has 0 aromatic heterocycles. The van der Waals surface area contributed by atoms with Gasteiger partial charge < -0.3 is 5.73 Å². The van der Waals surface area contributed by atoms with Crippen LogP contribution in [0.5, 0.6) is 0 Å². The number of nitrogens with two attached hydrogens (primary N) is 1. The second kappa shape index (κ2) is 10.2. The van der Waals surface area contributed by atoms with Gasteiger partial charge in [0.15, 0.2) is 0 Å². The van der Waals surface area contributed by atoms with E-state index in [1.807, 2.05) is 12.1 Å². The summed E-state index contributed by atoms with van der Waals surface area (Å²) in [5, 5.41) is 0.618. The van der Waals surface area contributed by atoms with Crippen molar-refractivity contribution in [3.63, 3.8) is 0 Å². The Labute approximate surface area is 75.6 Å². The van der Waals surface area contributed by atoms with Crippen molar-refractivity contribution in [2.45, 2.75) is 0 Å². The standard InChI is InChI=1S/C6H6ClN.B.3FH/c7-5-3-1-2-4-6(5)8;;;;/h1-4H,8H2;;3*1H. The maximum absolute atomic E-state index is 5.58. The molecule has 6 heteroatoms. The molecule has 69 valence electrons. The molecule has 0 amide bonds. The van der Waals surface area contributed by atoms with Crippen molar-refractivity contribution in [1.82, 2.24) is 0 Å². The number of halogens is 4. The normalized spacial score (nSPS) is 6.08. The Hall–Kier alpha value is -0.835. The summed E-state index contributed by atoms with van der Waals surface area (Å²) < 4.78 is 0. The summed E-state index contributed by atoms with van der Waals surface area (Å²) in [6.07, 6.45) is 0. The average Bonchev–Trinajstić information content (AvgIpc) is 1.77. The Morgan fingerprint density at radius 2 is 1.42 bits per heavy atom. The molecule has 2 N–H and O–H groups in total. The Kier molecular flexibility index (Phi) is 19.0. The minimum Gasteiger partial charge on any atom is -0.398 e. The minimum atomic E-state index is 0. The third-order valence-electron chi connectivity index (χ3n) is 0.905. The molecule has 0 aliphatic heterocycles.